The molecular formula is C9H11N3O2S2. The molecule has 0 bridgehead atoms. The standard InChI is InChI=1S/C9H11N3O2S2/c13-16(14)4-3-7(5-16)10-9-11-8(12-15-9)6-1-2-6/h3-4,6-7H,1-2,5H2,(H,10,11,12). The number of sulfone groups is 1. The highest BCUT2D eigenvalue weighted by molar-refractivity contribution is 7.94. The summed E-state index contributed by atoms with van der Waals surface area (Å²) >= 11 is 1.30. The van der Waals surface area contributed by atoms with Crippen LogP contribution in [0.25, 0.3) is 0 Å². The fourth-order valence-corrected chi connectivity index (χ4v) is 3.57. The van der Waals surface area contributed by atoms with Crippen molar-refractivity contribution >= 4 is 26.5 Å². The molecule has 1 aliphatic carbocycles. The second kappa shape index (κ2) is 3.53. The molecule has 0 spiro atoms. The van der Waals surface area contributed by atoms with Gasteiger partial charge in [-0.1, -0.05) is 0 Å². The van der Waals surface area contributed by atoms with Gasteiger partial charge < -0.3 is 5.32 Å². The third-order valence-corrected chi connectivity index (χ3v) is 4.68. The second-order valence-corrected chi connectivity index (χ2v) is 6.82. The minimum Gasteiger partial charge on any atom is -0.353 e. The molecule has 2 heterocycles. The lowest BCUT2D eigenvalue weighted by molar-refractivity contribution is 0.605. The summed E-state index contributed by atoms with van der Waals surface area (Å²) in [5, 5.41) is 5.05. The minimum atomic E-state index is -3.00. The zero-order valence-electron chi connectivity index (χ0n) is 8.46. The van der Waals surface area contributed by atoms with Crippen LogP contribution in [0.4, 0.5) is 5.13 Å². The van der Waals surface area contributed by atoms with Crippen LogP contribution in [0.1, 0.15) is 24.6 Å². The van der Waals surface area contributed by atoms with E-state index >= 15 is 0 Å². The van der Waals surface area contributed by atoms with Gasteiger partial charge in [-0.25, -0.2) is 13.4 Å². The summed E-state index contributed by atoms with van der Waals surface area (Å²) < 4.78 is 26.6. The largest absolute Gasteiger partial charge is 0.353 e. The van der Waals surface area contributed by atoms with Gasteiger partial charge >= 0.3 is 0 Å². The van der Waals surface area contributed by atoms with Gasteiger partial charge in [0.05, 0.1) is 11.8 Å². The van der Waals surface area contributed by atoms with Crippen LogP contribution in [0.15, 0.2) is 11.5 Å². The SMILES string of the molecule is O=S1(=O)C=CC(Nc2nc(C3CC3)ns2)C1. The van der Waals surface area contributed by atoms with Crippen LogP contribution >= 0.6 is 11.5 Å². The number of anilines is 1. The molecule has 2 aliphatic rings. The Labute approximate surface area is 97.7 Å². The highest BCUT2D eigenvalue weighted by atomic mass is 32.2. The molecule has 1 aromatic heterocycles. The molecular weight excluding hydrogens is 246 g/mol. The first-order chi connectivity index (χ1) is 7.62. The van der Waals surface area contributed by atoms with Crippen molar-refractivity contribution < 1.29 is 8.42 Å². The van der Waals surface area contributed by atoms with E-state index in [-0.39, 0.29) is 11.8 Å². The van der Waals surface area contributed by atoms with E-state index in [9.17, 15) is 8.42 Å². The van der Waals surface area contributed by atoms with Crippen LogP contribution in [0.3, 0.4) is 0 Å². The van der Waals surface area contributed by atoms with E-state index in [1.807, 2.05) is 0 Å². The molecule has 1 unspecified atom stereocenters. The fourth-order valence-electron chi connectivity index (χ4n) is 1.63. The topological polar surface area (TPSA) is 72.0 Å². The number of aromatic nitrogens is 2. The van der Waals surface area contributed by atoms with Gasteiger partial charge in [-0.05, 0) is 18.9 Å². The number of hydrogen-bond donors (Lipinski definition) is 1. The van der Waals surface area contributed by atoms with Gasteiger partial charge in [0.1, 0.15) is 5.82 Å². The maximum Gasteiger partial charge on any atom is 0.203 e. The molecule has 86 valence electrons. The number of rotatable bonds is 3. The van der Waals surface area contributed by atoms with Gasteiger partial charge in [0, 0.05) is 22.9 Å². The van der Waals surface area contributed by atoms with Gasteiger partial charge in [-0.2, -0.15) is 4.37 Å². The summed E-state index contributed by atoms with van der Waals surface area (Å²) in [7, 11) is -3.00. The maximum absolute atomic E-state index is 11.2. The van der Waals surface area contributed by atoms with E-state index in [0.717, 1.165) is 5.82 Å². The predicted molar refractivity (Wildman–Crippen MR) is 62.2 cm³/mol. The molecule has 0 saturated heterocycles. The molecule has 0 amide bonds. The highest BCUT2D eigenvalue weighted by Crippen LogP contribution is 2.39. The van der Waals surface area contributed by atoms with Gasteiger partial charge in [0.15, 0.2) is 9.84 Å². The van der Waals surface area contributed by atoms with Gasteiger partial charge in [-0.3, -0.25) is 0 Å². The Bertz CT molecular complexity index is 531. The Hall–Kier alpha value is -0.950. The lowest BCUT2D eigenvalue weighted by Gasteiger charge is -2.06. The summed E-state index contributed by atoms with van der Waals surface area (Å²) in [4.78, 5) is 4.35. The molecule has 1 saturated carbocycles. The molecule has 3 rings (SSSR count). The van der Waals surface area contributed by atoms with Crippen LogP contribution in [0, 0.1) is 0 Å². The normalized spacial score (nSPS) is 27.1. The number of nitrogens with zero attached hydrogens (tertiary/aromatic N) is 2. The van der Waals surface area contributed by atoms with Crippen molar-refractivity contribution in [3.8, 4) is 0 Å². The van der Waals surface area contributed by atoms with E-state index in [4.69, 9.17) is 0 Å². The third-order valence-electron chi connectivity index (χ3n) is 2.62. The zero-order valence-corrected chi connectivity index (χ0v) is 10.1. The van der Waals surface area contributed by atoms with Crippen LogP contribution < -0.4 is 5.32 Å². The zero-order chi connectivity index (χ0) is 11.2. The van der Waals surface area contributed by atoms with Crippen molar-refractivity contribution in [1.29, 1.82) is 0 Å². The Morgan fingerprint density at radius 3 is 2.88 bits per heavy atom. The Morgan fingerprint density at radius 2 is 2.25 bits per heavy atom. The van der Waals surface area contributed by atoms with Crippen molar-refractivity contribution in [2.75, 3.05) is 11.1 Å². The average Bonchev–Trinajstić information content (AvgIpc) is 2.88. The quantitative estimate of drug-likeness (QED) is 0.879. The molecule has 1 aromatic rings. The number of hydrogen-bond acceptors (Lipinski definition) is 6. The molecule has 0 aromatic carbocycles. The second-order valence-electron chi connectivity index (χ2n) is 4.14. The first kappa shape index (κ1) is 10.2. The number of nitrogens with one attached hydrogen (secondary N) is 1. The van der Waals surface area contributed by atoms with Gasteiger partial charge in [0.2, 0.25) is 5.13 Å². The van der Waals surface area contributed by atoms with E-state index in [2.05, 4.69) is 14.7 Å². The lowest BCUT2D eigenvalue weighted by Crippen LogP contribution is -2.20. The Balaban J connectivity index is 1.68. The summed E-state index contributed by atoms with van der Waals surface area (Å²) in [6.45, 7) is 0. The summed E-state index contributed by atoms with van der Waals surface area (Å²) in [5.74, 6) is 1.55. The monoisotopic (exact) mass is 257 g/mol. The third kappa shape index (κ3) is 2.10. The van der Waals surface area contributed by atoms with Gasteiger partial charge in [-0.15, -0.1) is 0 Å². The molecule has 5 nitrogen and oxygen atoms in total. The van der Waals surface area contributed by atoms with Gasteiger partial charge in [0.25, 0.3) is 0 Å². The van der Waals surface area contributed by atoms with Crippen LogP contribution in [-0.2, 0) is 9.84 Å². The summed E-state index contributed by atoms with van der Waals surface area (Å²) in [6, 6.07) is -0.162. The van der Waals surface area contributed by atoms with E-state index < -0.39 is 9.84 Å². The predicted octanol–water partition coefficient (Wildman–Crippen LogP) is 1.14. The highest BCUT2D eigenvalue weighted by Gasteiger charge is 2.28. The van der Waals surface area contributed by atoms with Crippen molar-refractivity contribution in [2.45, 2.75) is 24.8 Å². The molecule has 1 fully saturated rings. The van der Waals surface area contributed by atoms with Crippen molar-refractivity contribution in [3.05, 3.63) is 17.3 Å². The Kier molecular flexibility index (Phi) is 2.25. The Morgan fingerprint density at radius 1 is 1.44 bits per heavy atom. The van der Waals surface area contributed by atoms with Crippen molar-refractivity contribution in [3.63, 3.8) is 0 Å². The van der Waals surface area contributed by atoms with Crippen LogP contribution in [-0.4, -0.2) is 29.6 Å². The molecule has 0 radical (unpaired) electrons. The minimum absolute atomic E-state index is 0.116. The average molecular weight is 257 g/mol. The van der Waals surface area contributed by atoms with Crippen LogP contribution in [0.2, 0.25) is 0 Å². The summed E-state index contributed by atoms with van der Waals surface area (Å²) in [5.41, 5.74) is 0. The molecule has 1 N–H and O–H groups in total. The molecule has 16 heavy (non-hydrogen) atoms. The first-order valence-corrected chi connectivity index (χ1v) is 7.62. The lowest BCUT2D eigenvalue weighted by atomic mass is 10.3. The smallest absolute Gasteiger partial charge is 0.203 e. The fraction of sp³-hybridized carbons (Fsp3) is 0.556. The van der Waals surface area contributed by atoms with Crippen molar-refractivity contribution in [2.24, 2.45) is 0 Å². The first-order valence-electron chi connectivity index (χ1n) is 5.13. The van der Waals surface area contributed by atoms with Crippen molar-refractivity contribution in [1.82, 2.24) is 9.36 Å². The molecule has 1 atom stereocenters. The maximum atomic E-state index is 11.2. The van der Waals surface area contributed by atoms with E-state index in [0.29, 0.717) is 11.0 Å². The molecule has 1 aliphatic heterocycles. The van der Waals surface area contributed by atoms with E-state index in [1.165, 1.54) is 29.8 Å². The summed E-state index contributed by atoms with van der Waals surface area (Å²) in [6.07, 6.45) is 4.01. The molecule has 7 heteroatoms. The van der Waals surface area contributed by atoms with Crippen LogP contribution in [0.5, 0.6) is 0 Å². The van der Waals surface area contributed by atoms with E-state index in [1.54, 1.807) is 6.08 Å².